The number of likely N-dealkylation sites (tertiary alicyclic amines) is 1. The Balaban J connectivity index is 2.20. The van der Waals surface area contributed by atoms with Crippen molar-refractivity contribution in [2.75, 3.05) is 40.6 Å². The number of Topliss-reactive ketones (excluding diaryl/α,β-unsaturated/α-hetero) is 1. The summed E-state index contributed by atoms with van der Waals surface area (Å²) in [6, 6.07) is 11.3. The van der Waals surface area contributed by atoms with Crippen molar-refractivity contribution in [2.45, 2.75) is 26.3 Å². The van der Waals surface area contributed by atoms with E-state index in [2.05, 4.69) is 0 Å². The van der Waals surface area contributed by atoms with Gasteiger partial charge < -0.3 is 29.0 Å². The maximum absolute atomic E-state index is 13.2. The standard InChI is InChI=1S/C26H31NO7/c1-5-33-17-12-13-19(21(16-17)34-6-2)24(28)22-23(18-10-7-8-11-20(18)32-4)27(14-9-15-31-3)26(30)25(22)29/h7-8,10-13,16,23,28H,5-6,9,14-15H2,1-4H3/b24-22+. The Kier molecular flexibility index (Phi) is 8.54. The minimum atomic E-state index is -0.825. The van der Waals surface area contributed by atoms with Gasteiger partial charge in [-0.1, -0.05) is 18.2 Å². The van der Waals surface area contributed by atoms with Gasteiger partial charge >= 0.3 is 0 Å². The van der Waals surface area contributed by atoms with Crippen LogP contribution >= 0.6 is 0 Å². The van der Waals surface area contributed by atoms with Gasteiger partial charge in [0.25, 0.3) is 11.7 Å². The molecule has 3 rings (SSSR count). The first-order valence-electron chi connectivity index (χ1n) is 11.3. The summed E-state index contributed by atoms with van der Waals surface area (Å²) in [5, 5.41) is 11.4. The fourth-order valence-corrected chi connectivity index (χ4v) is 4.08. The summed E-state index contributed by atoms with van der Waals surface area (Å²) in [7, 11) is 3.10. The molecule has 1 unspecified atom stereocenters. The summed E-state index contributed by atoms with van der Waals surface area (Å²) in [5.74, 6) is -0.317. The lowest BCUT2D eigenvalue weighted by Gasteiger charge is -2.26. The summed E-state index contributed by atoms with van der Waals surface area (Å²) >= 11 is 0. The molecule has 182 valence electrons. The van der Waals surface area contributed by atoms with Crippen LogP contribution in [0.25, 0.3) is 5.76 Å². The fraction of sp³-hybridized carbons (Fsp3) is 0.385. The highest BCUT2D eigenvalue weighted by Gasteiger charge is 2.47. The average Bonchev–Trinajstić information content (AvgIpc) is 3.09. The Morgan fingerprint density at radius 3 is 2.41 bits per heavy atom. The molecule has 0 aliphatic carbocycles. The summed E-state index contributed by atoms with van der Waals surface area (Å²) < 4.78 is 21.9. The first kappa shape index (κ1) is 25.1. The molecular formula is C26H31NO7. The zero-order chi connectivity index (χ0) is 24.7. The third-order valence-corrected chi connectivity index (χ3v) is 5.54. The normalized spacial score (nSPS) is 17.2. The molecule has 34 heavy (non-hydrogen) atoms. The second-order valence-electron chi connectivity index (χ2n) is 7.60. The Bertz CT molecular complexity index is 1060. The fourth-order valence-electron chi connectivity index (χ4n) is 4.08. The third-order valence-electron chi connectivity index (χ3n) is 5.54. The lowest BCUT2D eigenvalue weighted by atomic mass is 9.94. The number of aliphatic hydroxyl groups excluding tert-OH is 1. The lowest BCUT2D eigenvalue weighted by Crippen LogP contribution is -2.31. The van der Waals surface area contributed by atoms with E-state index in [1.807, 2.05) is 13.8 Å². The highest BCUT2D eigenvalue weighted by Crippen LogP contribution is 2.44. The molecule has 1 N–H and O–H groups in total. The number of aliphatic hydroxyl groups is 1. The minimum Gasteiger partial charge on any atom is -0.507 e. The monoisotopic (exact) mass is 469 g/mol. The Morgan fingerprint density at radius 1 is 1.00 bits per heavy atom. The number of para-hydroxylation sites is 1. The number of methoxy groups -OCH3 is 2. The molecule has 1 atom stereocenters. The van der Waals surface area contributed by atoms with Gasteiger partial charge in [0, 0.05) is 31.9 Å². The van der Waals surface area contributed by atoms with Crippen LogP contribution in [-0.2, 0) is 14.3 Å². The van der Waals surface area contributed by atoms with E-state index < -0.39 is 17.7 Å². The molecule has 1 aliphatic rings. The highest BCUT2D eigenvalue weighted by atomic mass is 16.5. The van der Waals surface area contributed by atoms with Crippen LogP contribution in [0.2, 0.25) is 0 Å². The molecule has 1 heterocycles. The van der Waals surface area contributed by atoms with E-state index >= 15 is 0 Å². The Labute approximate surface area is 199 Å². The zero-order valence-corrected chi connectivity index (χ0v) is 20.0. The number of rotatable bonds is 11. The number of benzene rings is 2. The molecule has 0 saturated carbocycles. The molecule has 2 aromatic rings. The smallest absolute Gasteiger partial charge is 0.295 e. The Morgan fingerprint density at radius 2 is 1.74 bits per heavy atom. The number of hydrogen-bond donors (Lipinski definition) is 1. The van der Waals surface area contributed by atoms with E-state index in [9.17, 15) is 14.7 Å². The molecule has 0 bridgehead atoms. The van der Waals surface area contributed by atoms with Gasteiger partial charge in [-0.3, -0.25) is 9.59 Å². The molecule has 1 amide bonds. The van der Waals surface area contributed by atoms with E-state index in [-0.39, 0.29) is 17.9 Å². The molecule has 2 aromatic carbocycles. The molecule has 1 aliphatic heterocycles. The van der Waals surface area contributed by atoms with Crippen molar-refractivity contribution in [3.05, 3.63) is 59.2 Å². The molecule has 0 spiro atoms. The number of carbonyl (C=O) groups is 2. The summed E-state index contributed by atoms with van der Waals surface area (Å²) in [6.45, 7) is 5.20. The second kappa shape index (κ2) is 11.6. The van der Waals surface area contributed by atoms with Gasteiger partial charge in [0.05, 0.1) is 37.5 Å². The van der Waals surface area contributed by atoms with Gasteiger partial charge in [0.1, 0.15) is 23.0 Å². The van der Waals surface area contributed by atoms with Gasteiger partial charge in [-0.05, 0) is 38.5 Å². The topological polar surface area (TPSA) is 94.5 Å². The van der Waals surface area contributed by atoms with Crippen molar-refractivity contribution in [3.8, 4) is 17.2 Å². The molecule has 1 saturated heterocycles. The van der Waals surface area contributed by atoms with Crippen LogP contribution in [-0.4, -0.2) is 62.3 Å². The summed E-state index contributed by atoms with van der Waals surface area (Å²) in [5.41, 5.74) is 0.893. The maximum Gasteiger partial charge on any atom is 0.295 e. The van der Waals surface area contributed by atoms with Gasteiger partial charge in [-0.15, -0.1) is 0 Å². The quantitative estimate of drug-likeness (QED) is 0.230. The number of ether oxygens (including phenoxy) is 4. The van der Waals surface area contributed by atoms with Crippen LogP contribution in [0.5, 0.6) is 17.2 Å². The van der Waals surface area contributed by atoms with Gasteiger partial charge in [-0.25, -0.2) is 0 Å². The number of carbonyl (C=O) groups excluding carboxylic acids is 2. The van der Waals surface area contributed by atoms with Crippen LogP contribution in [0.15, 0.2) is 48.0 Å². The van der Waals surface area contributed by atoms with Crippen LogP contribution in [0.4, 0.5) is 0 Å². The SMILES string of the molecule is CCOc1ccc(/C(O)=C2\C(=O)C(=O)N(CCCOC)C2c2ccccc2OC)c(OCC)c1. The lowest BCUT2D eigenvalue weighted by molar-refractivity contribution is -0.140. The molecule has 0 radical (unpaired) electrons. The minimum absolute atomic E-state index is 0.0166. The van der Waals surface area contributed by atoms with E-state index in [1.54, 1.807) is 49.6 Å². The van der Waals surface area contributed by atoms with Crippen LogP contribution < -0.4 is 14.2 Å². The van der Waals surface area contributed by atoms with Crippen molar-refractivity contribution in [1.29, 1.82) is 0 Å². The van der Waals surface area contributed by atoms with E-state index in [0.29, 0.717) is 54.6 Å². The highest BCUT2D eigenvalue weighted by molar-refractivity contribution is 6.46. The first-order chi connectivity index (χ1) is 16.5. The predicted molar refractivity (Wildman–Crippen MR) is 127 cm³/mol. The van der Waals surface area contributed by atoms with Gasteiger partial charge in [-0.2, -0.15) is 0 Å². The third kappa shape index (κ3) is 5.02. The summed E-state index contributed by atoms with van der Waals surface area (Å²) in [6.07, 6.45) is 0.530. The number of nitrogens with zero attached hydrogens (tertiary/aromatic N) is 1. The maximum atomic E-state index is 13.2. The Hall–Kier alpha value is -3.52. The van der Waals surface area contributed by atoms with E-state index in [0.717, 1.165) is 0 Å². The van der Waals surface area contributed by atoms with Crippen molar-refractivity contribution in [3.63, 3.8) is 0 Å². The van der Waals surface area contributed by atoms with Crippen LogP contribution in [0, 0.1) is 0 Å². The average molecular weight is 470 g/mol. The van der Waals surface area contributed by atoms with Crippen molar-refractivity contribution in [2.24, 2.45) is 0 Å². The largest absolute Gasteiger partial charge is 0.507 e. The molecule has 8 nitrogen and oxygen atoms in total. The van der Waals surface area contributed by atoms with E-state index in [1.165, 1.54) is 12.0 Å². The molecule has 1 fully saturated rings. The van der Waals surface area contributed by atoms with Gasteiger partial charge in [0.15, 0.2) is 0 Å². The van der Waals surface area contributed by atoms with Crippen LogP contribution in [0.1, 0.15) is 37.4 Å². The first-order valence-corrected chi connectivity index (χ1v) is 11.3. The van der Waals surface area contributed by atoms with E-state index in [4.69, 9.17) is 18.9 Å². The van der Waals surface area contributed by atoms with Crippen molar-refractivity contribution >= 4 is 17.4 Å². The number of ketones is 1. The second-order valence-corrected chi connectivity index (χ2v) is 7.60. The van der Waals surface area contributed by atoms with Crippen molar-refractivity contribution < 1.29 is 33.6 Å². The molecular weight excluding hydrogens is 438 g/mol. The zero-order valence-electron chi connectivity index (χ0n) is 20.0. The molecule has 0 aromatic heterocycles. The number of hydrogen-bond acceptors (Lipinski definition) is 7. The summed E-state index contributed by atoms with van der Waals surface area (Å²) in [4.78, 5) is 27.8. The van der Waals surface area contributed by atoms with Crippen LogP contribution in [0.3, 0.4) is 0 Å². The van der Waals surface area contributed by atoms with Gasteiger partial charge in [0.2, 0.25) is 0 Å². The number of amides is 1. The molecule has 8 heteroatoms. The van der Waals surface area contributed by atoms with Crippen molar-refractivity contribution in [1.82, 2.24) is 4.90 Å². The predicted octanol–water partition coefficient (Wildman–Crippen LogP) is 3.95.